The number of carbonyl (C=O) groups is 1. The van der Waals surface area contributed by atoms with Crippen molar-refractivity contribution in [2.24, 2.45) is 5.92 Å². The molecular formula is C12H17ClN2O3. The van der Waals surface area contributed by atoms with Gasteiger partial charge in [0.05, 0.1) is 17.7 Å². The number of aromatic nitrogens is 1. The number of anilines is 1. The molecule has 18 heavy (non-hydrogen) atoms. The number of hydrogen-bond acceptors (Lipinski definition) is 4. The van der Waals surface area contributed by atoms with Crippen LogP contribution in [0.25, 0.3) is 0 Å². The van der Waals surface area contributed by atoms with E-state index >= 15 is 0 Å². The number of carboxylic acid groups (broad SMARTS) is 1. The van der Waals surface area contributed by atoms with Crippen LogP contribution in [0.4, 0.5) is 5.82 Å². The maximum Gasteiger partial charge on any atom is 0.356 e. The Kier molecular flexibility index (Phi) is 5.37. The number of nitrogens with one attached hydrogen (secondary N) is 1. The zero-order chi connectivity index (χ0) is 13.7. The molecule has 5 nitrogen and oxygen atoms in total. The first-order chi connectivity index (χ1) is 8.43. The van der Waals surface area contributed by atoms with Crippen molar-refractivity contribution in [3.63, 3.8) is 0 Å². The van der Waals surface area contributed by atoms with E-state index in [1.807, 2.05) is 13.8 Å². The maximum absolute atomic E-state index is 10.9. The van der Waals surface area contributed by atoms with Crippen LogP contribution in [0.2, 0.25) is 5.02 Å². The number of hydrogen-bond donors (Lipinski definition) is 3. The van der Waals surface area contributed by atoms with Gasteiger partial charge in [0.25, 0.3) is 0 Å². The van der Waals surface area contributed by atoms with Gasteiger partial charge in [0.15, 0.2) is 5.69 Å². The summed E-state index contributed by atoms with van der Waals surface area (Å²) in [6, 6.07) is 2.92. The van der Waals surface area contributed by atoms with E-state index in [-0.39, 0.29) is 23.4 Å². The second-order valence-corrected chi connectivity index (χ2v) is 4.89. The van der Waals surface area contributed by atoms with Crippen molar-refractivity contribution in [3.05, 3.63) is 22.8 Å². The van der Waals surface area contributed by atoms with Gasteiger partial charge in [-0.25, -0.2) is 9.78 Å². The molecule has 1 aromatic heterocycles. The van der Waals surface area contributed by atoms with Crippen molar-refractivity contribution >= 4 is 23.4 Å². The van der Waals surface area contributed by atoms with Crippen molar-refractivity contribution in [2.45, 2.75) is 26.3 Å². The molecule has 100 valence electrons. The van der Waals surface area contributed by atoms with Crippen molar-refractivity contribution in [1.29, 1.82) is 0 Å². The predicted molar refractivity (Wildman–Crippen MR) is 70.2 cm³/mol. The van der Waals surface area contributed by atoms with Crippen LogP contribution in [-0.2, 0) is 0 Å². The standard InChI is InChI=1S/C12H17ClN2O3/c1-7(2)5-8(6-16)14-10-4-3-9(13)11(15-10)12(17)18/h3-4,7-8,16H,5-6H2,1-2H3,(H,14,15)(H,17,18). The minimum Gasteiger partial charge on any atom is -0.476 e. The van der Waals surface area contributed by atoms with E-state index in [0.717, 1.165) is 6.42 Å². The van der Waals surface area contributed by atoms with Crippen LogP contribution in [0.15, 0.2) is 12.1 Å². The number of aliphatic hydroxyl groups excluding tert-OH is 1. The molecule has 0 fully saturated rings. The Labute approximate surface area is 111 Å². The minimum atomic E-state index is -1.17. The highest BCUT2D eigenvalue weighted by Crippen LogP contribution is 2.18. The lowest BCUT2D eigenvalue weighted by atomic mass is 10.0. The molecule has 0 aromatic carbocycles. The number of pyridine rings is 1. The molecule has 0 amide bonds. The minimum absolute atomic E-state index is 0.0368. The number of nitrogens with zero attached hydrogens (tertiary/aromatic N) is 1. The van der Waals surface area contributed by atoms with Crippen molar-refractivity contribution in [2.75, 3.05) is 11.9 Å². The lowest BCUT2D eigenvalue weighted by Crippen LogP contribution is -2.26. The molecular weight excluding hydrogens is 256 g/mol. The maximum atomic E-state index is 10.9. The van der Waals surface area contributed by atoms with E-state index in [1.54, 1.807) is 6.07 Å². The molecule has 0 spiro atoms. The Morgan fingerprint density at radius 3 is 2.67 bits per heavy atom. The van der Waals surface area contributed by atoms with E-state index in [4.69, 9.17) is 16.7 Å². The van der Waals surface area contributed by atoms with Gasteiger partial charge in [0, 0.05) is 0 Å². The van der Waals surface area contributed by atoms with Gasteiger partial charge < -0.3 is 15.5 Å². The smallest absolute Gasteiger partial charge is 0.356 e. The number of rotatable bonds is 6. The Hall–Kier alpha value is -1.33. The first-order valence-electron chi connectivity index (χ1n) is 5.71. The topological polar surface area (TPSA) is 82.5 Å². The summed E-state index contributed by atoms with van der Waals surface area (Å²) < 4.78 is 0. The van der Waals surface area contributed by atoms with Crippen LogP contribution in [0, 0.1) is 5.92 Å². The summed E-state index contributed by atoms with van der Waals surface area (Å²) in [7, 11) is 0. The second-order valence-electron chi connectivity index (χ2n) is 4.49. The van der Waals surface area contributed by atoms with Crippen LogP contribution in [0.3, 0.4) is 0 Å². The van der Waals surface area contributed by atoms with Crippen LogP contribution >= 0.6 is 11.6 Å². The molecule has 1 unspecified atom stereocenters. The van der Waals surface area contributed by atoms with Gasteiger partial charge in [-0.05, 0) is 24.5 Å². The Bertz CT molecular complexity index is 424. The largest absolute Gasteiger partial charge is 0.476 e. The van der Waals surface area contributed by atoms with E-state index in [0.29, 0.717) is 11.7 Å². The molecule has 1 atom stereocenters. The highest BCUT2D eigenvalue weighted by Gasteiger charge is 2.14. The van der Waals surface area contributed by atoms with Crippen LogP contribution in [-0.4, -0.2) is 33.8 Å². The quantitative estimate of drug-likeness (QED) is 0.740. The monoisotopic (exact) mass is 272 g/mol. The fourth-order valence-electron chi connectivity index (χ4n) is 1.63. The summed E-state index contributed by atoms with van der Waals surface area (Å²) in [6.07, 6.45) is 0.767. The molecule has 0 radical (unpaired) electrons. The summed E-state index contributed by atoms with van der Waals surface area (Å²) in [4.78, 5) is 14.8. The molecule has 1 aromatic rings. The second kappa shape index (κ2) is 6.56. The summed E-state index contributed by atoms with van der Waals surface area (Å²) in [5.74, 6) is -0.356. The summed E-state index contributed by atoms with van der Waals surface area (Å²) in [5.41, 5.74) is -0.192. The molecule has 6 heteroatoms. The molecule has 1 rings (SSSR count). The lowest BCUT2D eigenvalue weighted by molar-refractivity contribution is 0.0691. The molecule has 0 aliphatic rings. The summed E-state index contributed by atoms with van der Waals surface area (Å²) >= 11 is 5.73. The first kappa shape index (κ1) is 14.7. The van der Waals surface area contributed by atoms with Gasteiger partial charge in [-0.15, -0.1) is 0 Å². The average Bonchev–Trinajstić information content (AvgIpc) is 2.29. The molecule has 1 heterocycles. The molecule has 3 N–H and O–H groups in total. The van der Waals surface area contributed by atoms with Gasteiger partial charge in [-0.1, -0.05) is 25.4 Å². The molecule has 0 saturated carbocycles. The van der Waals surface area contributed by atoms with Gasteiger partial charge >= 0.3 is 5.97 Å². The molecule has 0 bridgehead atoms. The average molecular weight is 273 g/mol. The molecule has 0 saturated heterocycles. The Morgan fingerprint density at radius 2 is 2.17 bits per heavy atom. The van der Waals surface area contributed by atoms with Crippen molar-refractivity contribution in [3.8, 4) is 0 Å². The van der Waals surface area contributed by atoms with Gasteiger partial charge in [-0.3, -0.25) is 0 Å². The Morgan fingerprint density at radius 1 is 1.50 bits per heavy atom. The fourth-order valence-corrected chi connectivity index (χ4v) is 1.82. The van der Waals surface area contributed by atoms with Gasteiger partial charge in [0.2, 0.25) is 0 Å². The van der Waals surface area contributed by atoms with Gasteiger partial charge in [-0.2, -0.15) is 0 Å². The van der Waals surface area contributed by atoms with Crippen LogP contribution < -0.4 is 5.32 Å². The summed E-state index contributed by atoms with van der Waals surface area (Å²) in [5, 5.41) is 21.2. The number of carboxylic acids is 1. The first-order valence-corrected chi connectivity index (χ1v) is 6.09. The SMILES string of the molecule is CC(C)CC(CO)Nc1ccc(Cl)c(C(=O)O)n1. The van der Waals surface area contributed by atoms with Crippen LogP contribution in [0.5, 0.6) is 0 Å². The fraction of sp³-hybridized carbons (Fsp3) is 0.500. The molecule has 0 aliphatic heterocycles. The van der Waals surface area contributed by atoms with Gasteiger partial charge in [0.1, 0.15) is 5.82 Å². The number of aliphatic hydroxyl groups is 1. The summed E-state index contributed by atoms with van der Waals surface area (Å²) in [6.45, 7) is 4.05. The number of aromatic carboxylic acids is 1. The Balaban J connectivity index is 2.83. The van der Waals surface area contributed by atoms with E-state index < -0.39 is 5.97 Å². The van der Waals surface area contributed by atoms with E-state index in [1.165, 1.54) is 6.07 Å². The normalized spacial score (nSPS) is 12.5. The zero-order valence-electron chi connectivity index (χ0n) is 10.4. The highest BCUT2D eigenvalue weighted by molar-refractivity contribution is 6.33. The van der Waals surface area contributed by atoms with Crippen LogP contribution in [0.1, 0.15) is 30.8 Å². The predicted octanol–water partition coefficient (Wildman–Crippen LogP) is 2.25. The third-order valence-electron chi connectivity index (χ3n) is 2.38. The molecule has 0 aliphatic carbocycles. The van der Waals surface area contributed by atoms with E-state index in [2.05, 4.69) is 10.3 Å². The third kappa shape index (κ3) is 4.16. The van der Waals surface area contributed by atoms with Crippen molar-refractivity contribution < 1.29 is 15.0 Å². The third-order valence-corrected chi connectivity index (χ3v) is 2.68. The number of halogens is 1. The lowest BCUT2D eigenvalue weighted by Gasteiger charge is -2.19. The van der Waals surface area contributed by atoms with E-state index in [9.17, 15) is 9.90 Å². The van der Waals surface area contributed by atoms with Crippen molar-refractivity contribution in [1.82, 2.24) is 4.98 Å². The zero-order valence-corrected chi connectivity index (χ0v) is 11.1. The highest BCUT2D eigenvalue weighted by atomic mass is 35.5.